The summed E-state index contributed by atoms with van der Waals surface area (Å²) in [5.74, 6) is 0. The standard InChI is InChI=1S/C11H23N3O2S/c12-10-11(4-2-1-3-5-11)17(15,16)14-8-6-13-7-9-14/h13H,1-10,12H2. The van der Waals surface area contributed by atoms with Gasteiger partial charge in [0.15, 0.2) is 0 Å². The van der Waals surface area contributed by atoms with Crippen molar-refractivity contribution in [3.63, 3.8) is 0 Å². The van der Waals surface area contributed by atoms with Gasteiger partial charge in [0.05, 0.1) is 4.75 Å². The molecule has 17 heavy (non-hydrogen) atoms. The molecule has 0 spiro atoms. The zero-order valence-corrected chi connectivity index (χ0v) is 11.1. The highest BCUT2D eigenvalue weighted by Gasteiger charge is 2.46. The molecule has 2 rings (SSSR count). The van der Waals surface area contributed by atoms with Crippen LogP contribution in [0.15, 0.2) is 0 Å². The first-order chi connectivity index (χ1) is 8.12. The van der Waals surface area contributed by atoms with Crippen LogP contribution in [0.1, 0.15) is 32.1 Å². The van der Waals surface area contributed by atoms with E-state index in [0.29, 0.717) is 13.1 Å². The van der Waals surface area contributed by atoms with Gasteiger partial charge in [0.25, 0.3) is 0 Å². The van der Waals surface area contributed by atoms with Gasteiger partial charge in [-0.1, -0.05) is 19.3 Å². The summed E-state index contributed by atoms with van der Waals surface area (Å²) in [7, 11) is -3.23. The van der Waals surface area contributed by atoms with Gasteiger partial charge in [-0.3, -0.25) is 0 Å². The van der Waals surface area contributed by atoms with Crippen LogP contribution in [-0.4, -0.2) is 50.2 Å². The van der Waals surface area contributed by atoms with Crippen LogP contribution in [0, 0.1) is 0 Å². The fourth-order valence-corrected chi connectivity index (χ4v) is 5.15. The molecule has 0 bridgehead atoms. The molecule has 2 fully saturated rings. The Morgan fingerprint density at radius 1 is 1.12 bits per heavy atom. The topological polar surface area (TPSA) is 75.4 Å². The Hall–Kier alpha value is -0.170. The highest BCUT2D eigenvalue weighted by atomic mass is 32.2. The Morgan fingerprint density at radius 2 is 1.71 bits per heavy atom. The summed E-state index contributed by atoms with van der Waals surface area (Å²) >= 11 is 0. The smallest absolute Gasteiger partial charge is 0.221 e. The van der Waals surface area contributed by atoms with Gasteiger partial charge in [-0.25, -0.2) is 8.42 Å². The second-order valence-electron chi connectivity index (χ2n) is 5.10. The zero-order valence-electron chi connectivity index (χ0n) is 10.3. The molecular weight excluding hydrogens is 238 g/mol. The minimum atomic E-state index is -3.23. The number of hydrogen-bond acceptors (Lipinski definition) is 4. The average Bonchev–Trinajstić information content (AvgIpc) is 2.40. The summed E-state index contributed by atoms with van der Waals surface area (Å²) in [4.78, 5) is 0. The van der Waals surface area contributed by atoms with Crippen molar-refractivity contribution in [2.45, 2.75) is 36.9 Å². The van der Waals surface area contributed by atoms with Gasteiger partial charge in [-0.2, -0.15) is 4.31 Å². The molecule has 0 atom stereocenters. The maximum Gasteiger partial charge on any atom is 0.221 e. The molecule has 0 aromatic carbocycles. The van der Waals surface area contributed by atoms with E-state index in [0.717, 1.165) is 45.2 Å². The molecule has 6 heteroatoms. The van der Waals surface area contributed by atoms with Crippen LogP contribution in [0.4, 0.5) is 0 Å². The second kappa shape index (κ2) is 5.22. The summed E-state index contributed by atoms with van der Waals surface area (Å²) in [6, 6.07) is 0. The number of nitrogens with two attached hydrogens (primary N) is 1. The molecule has 1 heterocycles. The van der Waals surface area contributed by atoms with Crippen molar-refractivity contribution in [3.8, 4) is 0 Å². The fraction of sp³-hybridized carbons (Fsp3) is 1.00. The first-order valence-electron chi connectivity index (χ1n) is 6.53. The number of rotatable bonds is 3. The van der Waals surface area contributed by atoms with Crippen LogP contribution in [0.3, 0.4) is 0 Å². The lowest BCUT2D eigenvalue weighted by molar-refractivity contribution is 0.314. The molecule has 1 aliphatic carbocycles. The van der Waals surface area contributed by atoms with Crippen molar-refractivity contribution < 1.29 is 8.42 Å². The number of hydrogen-bond donors (Lipinski definition) is 2. The van der Waals surface area contributed by atoms with Gasteiger partial charge in [-0.05, 0) is 12.8 Å². The van der Waals surface area contributed by atoms with Gasteiger partial charge in [0.1, 0.15) is 0 Å². The molecule has 2 aliphatic rings. The first kappa shape index (κ1) is 13.3. The third-order valence-corrected chi connectivity index (χ3v) is 6.81. The predicted molar refractivity (Wildman–Crippen MR) is 68.2 cm³/mol. The molecular formula is C11H23N3O2S. The summed E-state index contributed by atoms with van der Waals surface area (Å²) in [6.07, 6.45) is 4.58. The van der Waals surface area contributed by atoms with Crippen molar-refractivity contribution in [2.24, 2.45) is 5.73 Å². The van der Waals surface area contributed by atoms with E-state index in [1.54, 1.807) is 4.31 Å². The zero-order chi connectivity index (χ0) is 12.4. The van der Waals surface area contributed by atoms with Crippen molar-refractivity contribution >= 4 is 10.0 Å². The van der Waals surface area contributed by atoms with E-state index in [1.165, 1.54) is 0 Å². The third kappa shape index (κ3) is 2.36. The normalized spacial score (nSPS) is 26.9. The number of piperazine rings is 1. The molecule has 0 aromatic heterocycles. The Labute approximate surface area is 104 Å². The minimum Gasteiger partial charge on any atom is -0.329 e. The van der Waals surface area contributed by atoms with E-state index >= 15 is 0 Å². The molecule has 0 amide bonds. The largest absolute Gasteiger partial charge is 0.329 e. The first-order valence-corrected chi connectivity index (χ1v) is 7.97. The Balaban J connectivity index is 2.21. The molecule has 1 saturated carbocycles. The molecule has 3 N–H and O–H groups in total. The van der Waals surface area contributed by atoms with Crippen LogP contribution in [0.5, 0.6) is 0 Å². The monoisotopic (exact) mass is 261 g/mol. The lowest BCUT2D eigenvalue weighted by atomic mass is 9.88. The lowest BCUT2D eigenvalue weighted by Crippen LogP contribution is -2.57. The molecule has 1 aliphatic heterocycles. The minimum absolute atomic E-state index is 0.263. The number of nitrogens with one attached hydrogen (secondary N) is 1. The van der Waals surface area contributed by atoms with E-state index in [2.05, 4.69) is 5.32 Å². The van der Waals surface area contributed by atoms with E-state index in [1.807, 2.05) is 0 Å². The summed E-state index contributed by atoms with van der Waals surface area (Å²) in [6.45, 7) is 2.94. The quantitative estimate of drug-likeness (QED) is 0.743. The molecule has 1 saturated heterocycles. The van der Waals surface area contributed by atoms with Crippen LogP contribution < -0.4 is 11.1 Å². The second-order valence-corrected chi connectivity index (χ2v) is 7.43. The number of sulfonamides is 1. The molecule has 5 nitrogen and oxygen atoms in total. The number of nitrogens with zero attached hydrogens (tertiary/aromatic N) is 1. The Kier molecular flexibility index (Phi) is 4.07. The van der Waals surface area contributed by atoms with Crippen LogP contribution in [-0.2, 0) is 10.0 Å². The molecule has 0 radical (unpaired) electrons. The van der Waals surface area contributed by atoms with Crippen molar-refractivity contribution in [1.82, 2.24) is 9.62 Å². The van der Waals surface area contributed by atoms with Crippen LogP contribution in [0.2, 0.25) is 0 Å². The van der Waals surface area contributed by atoms with E-state index in [9.17, 15) is 8.42 Å². The molecule has 0 aromatic rings. The van der Waals surface area contributed by atoms with E-state index in [4.69, 9.17) is 5.73 Å². The Morgan fingerprint density at radius 3 is 2.24 bits per heavy atom. The third-order valence-electron chi connectivity index (χ3n) is 4.10. The van der Waals surface area contributed by atoms with E-state index < -0.39 is 14.8 Å². The maximum absolute atomic E-state index is 12.7. The predicted octanol–water partition coefficient (Wildman–Crippen LogP) is -0.117. The summed E-state index contributed by atoms with van der Waals surface area (Å²) in [5, 5.41) is 3.18. The highest BCUT2D eigenvalue weighted by Crippen LogP contribution is 2.36. The maximum atomic E-state index is 12.7. The van der Waals surface area contributed by atoms with Gasteiger partial charge in [0, 0.05) is 32.7 Å². The van der Waals surface area contributed by atoms with E-state index in [-0.39, 0.29) is 6.54 Å². The van der Waals surface area contributed by atoms with Crippen LogP contribution in [0.25, 0.3) is 0 Å². The Bertz CT molecular complexity index is 344. The molecule has 0 unspecified atom stereocenters. The van der Waals surface area contributed by atoms with Gasteiger partial charge < -0.3 is 11.1 Å². The molecule has 100 valence electrons. The summed E-state index contributed by atoms with van der Waals surface area (Å²) in [5.41, 5.74) is 5.81. The fourth-order valence-electron chi connectivity index (χ4n) is 2.92. The highest BCUT2D eigenvalue weighted by molar-refractivity contribution is 7.90. The average molecular weight is 261 g/mol. The van der Waals surface area contributed by atoms with Gasteiger partial charge >= 0.3 is 0 Å². The van der Waals surface area contributed by atoms with Gasteiger partial charge in [0.2, 0.25) is 10.0 Å². The van der Waals surface area contributed by atoms with Crippen molar-refractivity contribution in [2.75, 3.05) is 32.7 Å². The SMILES string of the molecule is NCC1(S(=O)(=O)N2CCNCC2)CCCCC1. The van der Waals surface area contributed by atoms with Crippen molar-refractivity contribution in [3.05, 3.63) is 0 Å². The summed E-state index contributed by atoms with van der Waals surface area (Å²) < 4.78 is 26.4. The van der Waals surface area contributed by atoms with Crippen molar-refractivity contribution in [1.29, 1.82) is 0 Å². The lowest BCUT2D eigenvalue weighted by Gasteiger charge is -2.40. The van der Waals surface area contributed by atoms with Crippen LogP contribution >= 0.6 is 0 Å². The van der Waals surface area contributed by atoms with Gasteiger partial charge in [-0.15, -0.1) is 0 Å².